The van der Waals surface area contributed by atoms with Crippen molar-refractivity contribution < 1.29 is 19.1 Å². The first-order valence-electron chi connectivity index (χ1n) is 3.71. The molecule has 0 fully saturated rings. The highest BCUT2D eigenvalue weighted by Crippen LogP contribution is 2.19. The van der Waals surface area contributed by atoms with Crippen molar-refractivity contribution in [3.8, 4) is 0 Å². The van der Waals surface area contributed by atoms with Gasteiger partial charge in [0.05, 0.1) is 14.2 Å². The van der Waals surface area contributed by atoms with Gasteiger partial charge in [0, 0.05) is 5.57 Å². The van der Waals surface area contributed by atoms with Crippen molar-refractivity contribution in [2.24, 2.45) is 0 Å². The predicted molar refractivity (Wildman–Crippen MR) is 44.8 cm³/mol. The largest absolute Gasteiger partial charge is 0.490 e. The fourth-order valence-corrected chi connectivity index (χ4v) is 1.10. The zero-order chi connectivity index (χ0) is 10.0. The van der Waals surface area contributed by atoms with Gasteiger partial charge in [-0.15, -0.1) is 0 Å². The van der Waals surface area contributed by atoms with Crippen molar-refractivity contribution in [1.29, 1.82) is 0 Å². The Balaban J connectivity index is 3.19. The van der Waals surface area contributed by atoms with Crippen LogP contribution >= 0.6 is 0 Å². The zero-order valence-corrected chi connectivity index (χ0v) is 7.71. The molecule has 0 aromatic rings. The van der Waals surface area contributed by atoms with Gasteiger partial charge in [-0.1, -0.05) is 0 Å². The quantitative estimate of drug-likeness (QED) is 0.464. The highest BCUT2D eigenvalue weighted by molar-refractivity contribution is 6.20. The maximum atomic E-state index is 11.4. The van der Waals surface area contributed by atoms with Crippen LogP contribution in [0, 0.1) is 0 Å². The van der Waals surface area contributed by atoms with Crippen molar-refractivity contribution >= 4 is 11.6 Å². The Hall–Kier alpha value is -1.58. The molecule has 1 rings (SSSR count). The number of hydrogen-bond donors (Lipinski definition) is 0. The molecular weight excluding hydrogens is 173 g/mol. The first-order chi connectivity index (χ1) is 6.11. The number of ether oxygens (including phenoxy) is 2. The second-order valence-electron chi connectivity index (χ2n) is 2.59. The Morgan fingerprint density at radius 2 is 1.62 bits per heavy atom. The minimum atomic E-state index is -0.337. The first kappa shape index (κ1) is 9.51. The van der Waals surface area contributed by atoms with Gasteiger partial charge in [0.15, 0.2) is 0 Å². The number of ketones is 2. The Morgan fingerprint density at radius 1 is 1.08 bits per heavy atom. The van der Waals surface area contributed by atoms with E-state index in [1.54, 1.807) is 6.92 Å². The van der Waals surface area contributed by atoms with Crippen LogP contribution in [0.1, 0.15) is 6.92 Å². The summed E-state index contributed by atoms with van der Waals surface area (Å²) in [6.07, 6.45) is 1.24. The number of carbonyl (C=O) groups is 2. The van der Waals surface area contributed by atoms with E-state index in [-0.39, 0.29) is 23.1 Å². The average Bonchev–Trinajstić information content (AvgIpc) is 2.10. The molecule has 0 amide bonds. The molecule has 0 aromatic heterocycles. The fraction of sp³-hybridized carbons (Fsp3) is 0.333. The zero-order valence-electron chi connectivity index (χ0n) is 7.71. The number of hydrogen-bond acceptors (Lipinski definition) is 4. The smallest absolute Gasteiger partial charge is 0.227 e. The molecule has 1 aliphatic rings. The van der Waals surface area contributed by atoms with Crippen LogP contribution in [0.5, 0.6) is 0 Å². The summed E-state index contributed by atoms with van der Waals surface area (Å²) in [4.78, 5) is 22.6. The molecule has 4 nitrogen and oxygen atoms in total. The number of Topliss-reactive ketones (excluding diaryl/α,β-unsaturated/α-hetero) is 1. The Morgan fingerprint density at radius 3 is 2.08 bits per heavy atom. The van der Waals surface area contributed by atoms with Crippen LogP contribution in [0.2, 0.25) is 0 Å². The normalized spacial score (nSPS) is 17.3. The molecule has 0 aliphatic heterocycles. The molecule has 0 atom stereocenters. The lowest BCUT2D eigenvalue weighted by atomic mass is 10.1. The minimum absolute atomic E-state index is 0.0208. The lowest BCUT2D eigenvalue weighted by Crippen LogP contribution is -2.20. The number of methoxy groups -OCH3 is 2. The molecule has 4 heteroatoms. The maximum Gasteiger partial charge on any atom is 0.227 e. The van der Waals surface area contributed by atoms with Gasteiger partial charge >= 0.3 is 0 Å². The second kappa shape index (κ2) is 3.43. The SMILES string of the molecule is COC1=[13C](OC)C(=O)C(C)=CC1=O. The van der Waals surface area contributed by atoms with Crippen LogP contribution in [0.25, 0.3) is 0 Å². The molecule has 0 bridgehead atoms. The van der Waals surface area contributed by atoms with Crippen LogP contribution in [0.15, 0.2) is 23.2 Å². The highest BCUT2D eigenvalue weighted by Gasteiger charge is 2.28. The van der Waals surface area contributed by atoms with Crippen molar-refractivity contribution in [3.05, 3.63) is 23.2 Å². The third kappa shape index (κ3) is 1.47. The van der Waals surface area contributed by atoms with E-state index in [0.29, 0.717) is 5.57 Å². The van der Waals surface area contributed by atoms with Crippen molar-refractivity contribution in [2.75, 3.05) is 14.2 Å². The fourth-order valence-electron chi connectivity index (χ4n) is 1.10. The van der Waals surface area contributed by atoms with Gasteiger partial charge in [-0.25, -0.2) is 0 Å². The minimum Gasteiger partial charge on any atom is -0.490 e. The van der Waals surface area contributed by atoms with E-state index in [1.165, 1.54) is 20.3 Å². The van der Waals surface area contributed by atoms with E-state index in [0.717, 1.165) is 0 Å². The van der Waals surface area contributed by atoms with E-state index in [1.807, 2.05) is 0 Å². The summed E-state index contributed by atoms with van der Waals surface area (Å²) in [5.41, 5.74) is 0.364. The van der Waals surface area contributed by atoms with E-state index in [9.17, 15) is 9.59 Å². The van der Waals surface area contributed by atoms with Crippen LogP contribution in [-0.4, -0.2) is 25.8 Å². The molecule has 0 aromatic carbocycles. The third-order valence-corrected chi connectivity index (χ3v) is 1.75. The molecule has 0 spiro atoms. The van der Waals surface area contributed by atoms with Gasteiger partial charge in [-0.05, 0) is 13.0 Å². The van der Waals surface area contributed by atoms with Crippen LogP contribution < -0.4 is 0 Å². The summed E-state index contributed by atoms with van der Waals surface area (Å²) in [5, 5.41) is 0. The average molecular weight is 183 g/mol. The van der Waals surface area contributed by atoms with Crippen LogP contribution in [0.3, 0.4) is 0 Å². The van der Waals surface area contributed by atoms with Gasteiger partial charge in [0.2, 0.25) is 23.1 Å². The maximum absolute atomic E-state index is 11.4. The number of allylic oxidation sites excluding steroid dienone is 2. The van der Waals surface area contributed by atoms with E-state index >= 15 is 0 Å². The molecule has 0 N–H and O–H groups in total. The molecule has 0 radical (unpaired) electrons. The summed E-state index contributed by atoms with van der Waals surface area (Å²) in [7, 11) is 2.66. The topological polar surface area (TPSA) is 52.6 Å². The lowest BCUT2D eigenvalue weighted by Gasteiger charge is -2.14. The molecule has 0 unspecified atom stereocenters. The Labute approximate surface area is 75.8 Å². The molecule has 70 valence electrons. The highest BCUT2D eigenvalue weighted by atomic mass is 16.6. The molecule has 1 aliphatic carbocycles. The standard InChI is InChI=1S/C9H10O4/c1-5-4-6(10)8(12-2)9(13-3)7(5)11/h4H,1-3H3/i9+1. The van der Waals surface area contributed by atoms with Crippen LogP contribution in [-0.2, 0) is 19.1 Å². The summed E-state index contributed by atoms with van der Waals surface area (Å²) in [6.45, 7) is 1.56. The van der Waals surface area contributed by atoms with Gasteiger partial charge in [-0.3, -0.25) is 9.59 Å². The van der Waals surface area contributed by atoms with Gasteiger partial charge < -0.3 is 9.47 Å². The molecule has 0 heterocycles. The predicted octanol–water partition coefficient (Wildman–Crippen LogP) is 0.589. The van der Waals surface area contributed by atoms with Crippen molar-refractivity contribution in [3.63, 3.8) is 0 Å². The van der Waals surface area contributed by atoms with E-state index in [4.69, 9.17) is 9.47 Å². The first-order valence-corrected chi connectivity index (χ1v) is 3.71. The number of carbonyl (C=O) groups excluding carboxylic acids is 2. The lowest BCUT2D eigenvalue weighted by molar-refractivity contribution is -0.120. The summed E-state index contributed by atoms with van der Waals surface area (Å²) >= 11 is 0. The molecule has 13 heavy (non-hydrogen) atoms. The van der Waals surface area contributed by atoms with Gasteiger partial charge in [0.1, 0.15) is 0 Å². The van der Waals surface area contributed by atoms with Gasteiger partial charge in [-0.2, -0.15) is 0 Å². The molecule has 0 saturated heterocycles. The van der Waals surface area contributed by atoms with E-state index in [2.05, 4.69) is 0 Å². The molecule has 0 saturated carbocycles. The van der Waals surface area contributed by atoms with E-state index < -0.39 is 0 Å². The Bertz CT molecular complexity index is 323. The number of rotatable bonds is 2. The third-order valence-electron chi connectivity index (χ3n) is 1.75. The summed E-state index contributed by atoms with van der Waals surface area (Å²) in [6, 6.07) is 0. The van der Waals surface area contributed by atoms with Crippen molar-refractivity contribution in [1.82, 2.24) is 0 Å². The van der Waals surface area contributed by atoms with Crippen LogP contribution in [0.4, 0.5) is 0 Å². The monoisotopic (exact) mass is 183 g/mol. The summed E-state index contributed by atoms with van der Waals surface area (Å²) < 4.78 is 9.56. The van der Waals surface area contributed by atoms with Crippen molar-refractivity contribution in [2.45, 2.75) is 6.92 Å². The Kier molecular flexibility index (Phi) is 2.51. The van der Waals surface area contributed by atoms with Gasteiger partial charge in [0.25, 0.3) is 0 Å². The second-order valence-corrected chi connectivity index (χ2v) is 2.59. The molecular formula is C9H10O4. The summed E-state index contributed by atoms with van der Waals surface area (Å²) in [5.74, 6) is -0.694.